The molecule has 1 aliphatic carbocycles. The molecule has 3 aromatic rings. The molecule has 0 spiro atoms. The number of phenols is 1. The van der Waals surface area contributed by atoms with Gasteiger partial charge in [0.25, 0.3) is 0 Å². The maximum absolute atomic E-state index is 13.5. The van der Waals surface area contributed by atoms with Gasteiger partial charge in [-0.2, -0.15) is 0 Å². The van der Waals surface area contributed by atoms with Crippen molar-refractivity contribution in [2.24, 2.45) is 0 Å². The molecule has 28 heavy (non-hydrogen) atoms. The Kier molecular flexibility index (Phi) is 5.12. The minimum atomic E-state index is -1.44. The lowest BCUT2D eigenvalue weighted by Crippen LogP contribution is -2.12. The monoisotopic (exact) mass is 382 g/mol. The zero-order valence-corrected chi connectivity index (χ0v) is 15.3. The topological polar surface area (TPSA) is 20.2 Å². The van der Waals surface area contributed by atoms with Crippen molar-refractivity contribution in [2.75, 3.05) is 0 Å². The van der Waals surface area contributed by atoms with Gasteiger partial charge in [-0.1, -0.05) is 36.4 Å². The molecule has 0 aromatic heterocycles. The first-order valence-electron chi connectivity index (χ1n) is 9.55. The summed E-state index contributed by atoms with van der Waals surface area (Å²) in [5, 5.41) is 9.43. The maximum Gasteiger partial charge on any atom is 0.194 e. The maximum atomic E-state index is 13.5. The molecule has 4 rings (SSSR count). The first kappa shape index (κ1) is 18.6. The minimum absolute atomic E-state index is 0.290. The van der Waals surface area contributed by atoms with Gasteiger partial charge in [-0.05, 0) is 84.0 Å². The molecule has 0 unspecified atom stereocenters. The predicted molar refractivity (Wildman–Crippen MR) is 104 cm³/mol. The van der Waals surface area contributed by atoms with E-state index in [0.717, 1.165) is 37.8 Å². The fourth-order valence-electron chi connectivity index (χ4n) is 4.18. The van der Waals surface area contributed by atoms with Gasteiger partial charge >= 0.3 is 0 Å². The molecule has 144 valence electrons. The number of phenolic OH excluding ortho intramolecular Hbond substituents is 1. The Labute approximate surface area is 162 Å². The Morgan fingerprint density at radius 1 is 0.607 bits per heavy atom. The molecule has 1 saturated carbocycles. The molecule has 3 aromatic carbocycles. The average Bonchev–Trinajstić information content (AvgIpc) is 2.72. The molecule has 0 heterocycles. The van der Waals surface area contributed by atoms with Crippen LogP contribution in [0.4, 0.5) is 13.2 Å². The van der Waals surface area contributed by atoms with Crippen LogP contribution in [-0.4, -0.2) is 5.11 Å². The van der Waals surface area contributed by atoms with Crippen LogP contribution in [0, 0.1) is 17.5 Å². The zero-order chi connectivity index (χ0) is 19.7. The third kappa shape index (κ3) is 3.77. The van der Waals surface area contributed by atoms with E-state index in [0.29, 0.717) is 28.7 Å². The molecular formula is C24H21F3O. The van der Waals surface area contributed by atoms with Gasteiger partial charge in [0, 0.05) is 0 Å². The van der Waals surface area contributed by atoms with Crippen LogP contribution in [0.1, 0.15) is 48.6 Å². The van der Waals surface area contributed by atoms with Gasteiger partial charge in [0.15, 0.2) is 17.5 Å². The normalized spacial score (nSPS) is 19.5. The summed E-state index contributed by atoms with van der Waals surface area (Å²) in [5.74, 6) is -2.52. The summed E-state index contributed by atoms with van der Waals surface area (Å²) < 4.78 is 40.1. The lowest BCUT2D eigenvalue weighted by Gasteiger charge is -2.29. The van der Waals surface area contributed by atoms with Crippen LogP contribution in [0.3, 0.4) is 0 Å². The quantitative estimate of drug-likeness (QED) is 0.488. The fourth-order valence-corrected chi connectivity index (χ4v) is 4.18. The molecule has 1 nitrogen and oxygen atoms in total. The highest BCUT2D eigenvalue weighted by Gasteiger charge is 2.23. The Balaban J connectivity index is 1.44. The third-order valence-corrected chi connectivity index (χ3v) is 5.79. The van der Waals surface area contributed by atoms with Gasteiger partial charge < -0.3 is 5.11 Å². The van der Waals surface area contributed by atoms with E-state index in [9.17, 15) is 18.3 Å². The predicted octanol–water partition coefficient (Wildman–Crippen LogP) is 6.92. The molecule has 1 N–H and O–H groups in total. The van der Waals surface area contributed by atoms with E-state index in [2.05, 4.69) is 0 Å². The molecule has 0 atom stereocenters. The van der Waals surface area contributed by atoms with Gasteiger partial charge in [0.1, 0.15) is 5.75 Å². The van der Waals surface area contributed by atoms with Crippen molar-refractivity contribution in [3.05, 3.63) is 89.2 Å². The largest absolute Gasteiger partial charge is 0.508 e. The highest BCUT2D eigenvalue weighted by atomic mass is 19.2. The van der Waals surface area contributed by atoms with Crippen molar-refractivity contribution < 1.29 is 18.3 Å². The number of hydrogen-bond donors (Lipinski definition) is 1. The minimum Gasteiger partial charge on any atom is -0.508 e. The van der Waals surface area contributed by atoms with E-state index in [4.69, 9.17) is 0 Å². The molecule has 1 aliphatic rings. The smallest absolute Gasteiger partial charge is 0.194 e. The van der Waals surface area contributed by atoms with Gasteiger partial charge in [0.05, 0.1) is 0 Å². The van der Waals surface area contributed by atoms with Crippen LogP contribution in [0.15, 0.2) is 60.7 Å². The number of aromatic hydroxyl groups is 1. The Hall–Kier alpha value is -2.75. The second-order valence-corrected chi connectivity index (χ2v) is 7.52. The van der Waals surface area contributed by atoms with E-state index in [1.165, 1.54) is 11.1 Å². The highest BCUT2D eigenvalue weighted by Crippen LogP contribution is 2.41. The lowest BCUT2D eigenvalue weighted by atomic mass is 9.76. The van der Waals surface area contributed by atoms with Gasteiger partial charge in [-0.25, -0.2) is 13.2 Å². The summed E-state index contributed by atoms with van der Waals surface area (Å²) in [6.45, 7) is 0. The summed E-state index contributed by atoms with van der Waals surface area (Å²) >= 11 is 0. The van der Waals surface area contributed by atoms with Crippen molar-refractivity contribution in [3.8, 4) is 16.9 Å². The first-order valence-corrected chi connectivity index (χ1v) is 9.55. The second kappa shape index (κ2) is 7.70. The van der Waals surface area contributed by atoms with E-state index in [1.54, 1.807) is 12.1 Å². The zero-order valence-electron chi connectivity index (χ0n) is 15.3. The van der Waals surface area contributed by atoms with E-state index < -0.39 is 17.5 Å². The SMILES string of the molecule is Oc1ccc(C2CCC(c3ccc(-c4cc(F)c(F)c(F)c4)cc3)CC2)cc1. The molecular weight excluding hydrogens is 361 g/mol. The highest BCUT2D eigenvalue weighted by molar-refractivity contribution is 5.64. The van der Waals surface area contributed by atoms with E-state index in [1.807, 2.05) is 36.4 Å². The van der Waals surface area contributed by atoms with E-state index >= 15 is 0 Å². The second-order valence-electron chi connectivity index (χ2n) is 7.52. The number of halogens is 3. The molecule has 0 amide bonds. The third-order valence-electron chi connectivity index (χ3n) is 5.79. The van der Waals surface area contributed by atoms with Gasteiger partial charge in [-0.3, -0.25) is 0 Å². The van der Waals surface area contributed by atoms with Crippen LogP contribution in [0.25, 0.3) is 11.1 Å². The van der Waals surface area contributed by atoms with Crippen molar-refractivity contribution in [2.45, 2.75) is 37.5 Å². The molecule has 4 heteroatoms. The Morgan fingerprint density at radius 2 is 1.04 bits per heavy atom. The molecule has 0 radical (unpaired) electrons. The fraction of sp³-hybridized carbons (Fsp3) is 0.250. The number of rotatable bonds is 3. The summed E-state index contributed by atoms with van der Waals surface area (Å²) in [4.78, 5) is 0. The lowest BCUT2D eigenvalue weighted by molar-refractivity contribution is 0.396. The molecule has 0 saturated heterocycles. The summed E-state index contributed by atoms with van der Waals surface area (Å²) in [6, 6.07) is 17.2. The first-order chi connectivity index (χ1) is 13.5. The summed E-state index contributed by atoms with van der Waals surface area (Å²) in [7, 11) is 0. The van der Waals surface area contributed by atoms with Crippen LogP contribution >= 0.6 is 0 Å². The van der Waals surface area contributed by atoms with Gasteiger partial charge in [-0.15, -0.1) is 0 Å². The van der Waals surface area contributed by atoms with Crippen molar-refractivity contribution in [1.29, 1.82) is 0 Å². The Bertz CT molecular complexity index is 933. The van der Waals surface area contributed by atoms with Crippen LogP contribution < -0.4 is 0 Å². The van der Waals surface area contributed by atoms with Crippen molar-refractivity contribution >= 4 is 0 Å². The molecule has 0 bridgehead atoms. The molecule has 1 fully saturated rings. The summed E-state index contributed by atoms with van der Waals surface area (Å²) in [5.41, 5.74) is 3.49. The van der Waals surface area contributed by atoms with Crippen LogP contribution in [0.5, 0.6) is 5.75 Å². The van der Waals surface area contributed by atoms with E-state index in [-0.39, 0.29) is 0 Å². The van der Waals surface area contributed by atoms with Crippen LogP contribution in [-0.2, 0) is 0 Å². The standard InChI is InChI=1S/C24H21F3O/c25-22-13-20(14-23(26)24(22)27)19-7-5-16(6-8-19)15-1-3-17(4-2-15)18-9-11-21(28)12-10-18/h5-15,17,28H,1-4H2. The average molecular weight is 382 g/mol. The molecule has 0 aliphatic heterocycles. The van der Waals surface area contributed by atoms with Crippen LogP contribution in [0.2, 0.25) is 0 Å². The number of hydrogen-bond acceptors (Lipinski definition) is 1. The van der Waals surface area contributed by atoms with Gasteiger partial charge in [0.2, 0.25) is 0 Å². The summed E-state index contributed by atoms with van der Waals surface area (Å²) in [6.07, 6.45) is 4.33. The number of benzene rings is 3. The van der Waals surface area contributed by atoms with Crippen molar-refractivity contribution in [1.82, 2.24) is 0 Å². The Morgan fingerprint density at radius 3 is 1.50 bits per heavy atom. The van der Waals surface area contributed by atoms with Crippen molar-refractivity contribution in [3.63, 3.8) is 0 Å².